The molecule has 3 heteroatoms. The Kier molecular flexibility index (Phi) is 3.74. The standard InChI is InChI=1S/C15H21ClN2/c16-10-11-3-1-5-13(9-11)17-15-8-7-12-4-2-6-14(12)18-15/h7-8,11,13H,1-6,9-10H2,(H,17,18). The Bertz CT molecular complexity index is 419. The number of anilines is 1. The first-order chi connectivity index (χ1) is 8.85. The Labute approximate surface area is 114 Å². The summed E-state index contributed by atoms with van der Waals surface area (Å²) in [7, 11) is 0. The van der Waals surface area contributed by atoms with Gasteiger partial charge < -0.3 is 5.32 Å². The maximum absolute atomic E-state index is 5.98. The molecule has 2 unspecified atom stereocenters. The highest BCUT2D eigenvalue weighted by Gasteiger charge is 2.22. The molecule has 1 N–H and O–H groups in total. The van der Waals surface area contributed by atoms with E-state index in [1.807, 2.05) is 0 Å². The van der Waals surface area contributed by atoms with Gasteiger partial charge in [0.1, 0.15) is 5.82 Å². The summed E-state index contributed by atoms with van der Waals surface area (Å²) < 4.78 is 0. The number of aryl methyl sites for hydroxylation is 2. The van der Waals surface area contributed by atoms with E-state index in [4.69, 9.17) is 16.6 Å². The molecular weight excluding hydrogens is 244 g/mol. The average molecular weight is 265 g/mol. The second kappa shape index (κ2) is 5.48. The predicted molar refractivity (Wildman–Crippen MR) is 76.4 cm³/mol. The minimum atomic E-state index is 0.564. The Morgan fingerprint density at radius 2 is 2.17 bits per heavy atom. The second-order valence-corrected chi connectivity index (χ2v) is 5.99. The Hall–Kier alpha value is -0.760. The molecule has 0 bridgehead atoms. The highest BCUT2D eigenvalue weighted by Crippen LogP contribution is 2.28. The van der Waals surface area contributed by atoms with Gasteiger partial charge in [0.2, 0.25) is 0 Å². The lowest BCUT2D eigenvalue weighted by atomic mass is 9.87. The van der Waals surface area contributed by atoms with Crippen molar-refractivity contribution in [3.05, 3.63) is 23.4 Å². The summed E-state index contributed by atoms with van der Waals surface area (Å²) in [5.41, 5.74) is 2.76. The van der Waals surface area contributed by atoms with Crippen LogP contribution in [0.5, 0.6) is 0 Å². The number of aromatic nitrogens is 1. The van der Waals surface area contributed by atoms with Crippen LogP contribution in [0.25, 0.3) is 0 Å². The van der Waals surface area contributed by atoms with E-state index in [9.17, 15) is 0 Å². The quantitative estimate of drug-likeness (QED) is 0.841. The zero-order chi connectivity index (χ0) is 12.4. The van der Waals surface area contributed by atoms with Gasteiger partial charge in [0.15, 0.2) is 0 Å². The van der Waals surface area contributed by atoms with Crippen molar-refractivity contribution in [3.63, 3.8) is 0 Å². The molecule has 1 saturated carbocycles. The number of halogens is 1. The highest BCUT2D eigenvalue weighted by molar-refractivity contribution is 6.18. The van der Waals surface area contributed by atoms with Gasteiger partial charge in [-0.05, 0) is 56.1 Å². The summed E-state index contributed by atoms with van der Waals surface area (Å²) >= 11 is 5.98. The van der Waals surface area contributed by atoms with E-state index >= 15 is 0 Å². The van der Waals surface area contributed by atoms with Gasteiger partial charge in [-0.3, -0.25) is 0 Å². The van der Waals surface area contributed by atoms with Crippen LogP contribution in [0.2, 0.25) is 0 Å². The van der Waals surface area contributed by atoms with Crippen molar-refractivity contribution in [2.75, 3.05) is 11.2 Å². The lowest BCUT2D eigenvalue weighted by Crippen LogP contribution is -2.28. The molecule has 98 valence electrons. The molecule has 0 saturated heterocycles. The number of hydrogen-bond donors (Lipinski definition) is 1. The van der Waals surface area contributed by atoms with Crippen LogP contribution in [-0.4, -0.2) is 16.9 Å². The fourth-order valence-electron chi connectivity index (χ4n) is 3.27. The molecule has 0 spiro atoms. The van der Waals surface area contributed by atoms with Crippen LogP contribution < -0.4 is 5.32 Å². The van der Waals surface area contributed by atoms with Crippen LogP contribution in [0.3, 0.4) is 0 Å². The minimum absolute atomic E-state index is 0.564. The van der Waals surface area contributed by atoms with E-state index in [2.05, 4.69) is 17.4 Å². The van der Waals surface area contributed by atoms with Crippen molar-refractivity contribution in [2.24, 2.45) is 5.92 Å². The molecule has 3 rings (SSSR count). The number of nitrogens with zero attached hydrogens (tertiary/aromatic N) is 1. The van der Waals surface area contributed by atoms with Gasteiger partial charge in [0, 0.05) is 17.6 Å². The van der Waals surface area contributed by atoms with E-state index in [0.717, 1.165) is 18.1 Å². The molecule has 1 aromatic heterocycles. The molecule has 2 aliphatic rings. The lowest BCUT2D eigenvalue weighted by molar-refractivity contribution is 0.361. The Morgan fingerprint density at radius 1 is 1.22 bits per heavy atom. The first-order valence-electron chi connectivity index (χ1n) is 7.16. The fourth-order valence-corrected chi connectivity index (χ4v) is 3.55. The summed E-state index contributed by atoms with van der Waals surface area (Å²) in [4.78, 5) is 4.75. The van der Waals surface area contributed by atoms with Crippen LogP contribution in [0.4, 0.5) is 5.82 Å². The van der Waals surface area contributed by atoms with Crippen LogP contribution in [0.1, 0.15) is 43.4 Å². The third kappa shape index (κ3) is 2.64. The molecule has 0 aliphatic heterocycles. The van der Waals surface area contributed by atoms with Crippen LogP contribution in [0.15, 0.2) is 12.1 Å². The monoisotopic (exact) mass is 264 g/mol. The van der Waals surface area contributed by atoms with Crippen molar-refractivity contribution in [1.82, 2.24) is 4.98 Å². The van der Waals surface area contributed by atoms with E-state index in [0.29, 0.717) is 12.0 Å². The summed E-state index contributed by atoms with van der Waals surface area (Å²) in [6.45, 7) is 0. The highest BCUT2D eigenvalue weighted by atomic mass is 35.5. The smallest absolute Gasteiger partial charge is 0.126 e. The van der Waals surface area contributed by atoms with Crippen molar-refractivity contribution in [3.8, 4) is 0 Å². The molecule has 1 aromatic rings. The zero-order valence-electron chi connectivity index (χ0n) is 10.8. The summed E-state index contributed by atoms with van der Waals surface area (Å²) in [6, 6.07) is 4.96. The van der Waals surface area contributed by atoms with E-state index in [-0.39, 0.29) is 0 Å². The van der Waals surface area contributed by atoms with Crippen LogP contribution in [-0.2, 0) is 12.8 Å². The molecule has 1 fully saturated rings. The van der Waals surface area contributed by atoms with Gasteiger partial charge in [-0.2, -0.15) is 0 Å². The number of rotatable bonds is 3. The van der Waals surface area contributed by atoms with Crippen molar-refractivity contribution >= 4 is 17.4 Å². The molecule has 0 radical (unpaired) electrons. The number of hydrogen-bond acceptors (Lipinski definition) is 2. The van der Waals surface area contributed by atoms with E-state index in [1.54, 1.807) is 0 Å². The Morgan fingerprint density at radius 3 is 3.06 bits per heavy atom. The van der Waals surface area contributed by atoms with E-state index in [1.165, 1.54) is 49.8 Å². The summed E-state index contributed by atoms with van der Waals surface area (Å²) in [6.07, 6.45) is 8.66. The van der Waals surface area contributed by atoms with Crippen LogP contribution >= 0.6 is 11.6 Å². The third-order valence-corrected chi connectivity index (χ3v) is 4.72. The Balaban J connectivity index is 1.65. The normalized spacial score (nSPS) is 26.9. The largest absolute Gasteiger partial charge is 0.367 e. The molecule has 1 heterocycles. The molecule has 2 nitrogen and oxygen atoms in total. The second-order valence-electron chi connectivity index (χ2n) is 5.68. The molecule has 2 aliphatic carbocycles. The van der Waals surface area contributed by atoms with Crippen molar-refractivity contribution in [1.29, 1.82) is 0 Å². The first-order valence-corrected chi connectivity index (χ1v) is 7.70. The van der Waals surface area contributed by atoms with Gasteiger partial charge >= 0.3 is 0 Å². The summed E-state index contributed by atoms with van der Waals surface area (Å²) in [5, 5.41) is 3.61. The number of pyridine rings is 1. The van der Waals surface area contributed by atoms with Crippen molar-refractivity contribution < 1.29 is 0 Å². The molecule has 0 amide bonds. The topological polar surface area (TPSA) is 24.9 Å². The lowest BCUT2D eigenvalue weighted by Gasteiger charge is -2.29. The minimum Gasteiger partial charge on any atom is -0.367 e. The maximum Gasteiger partial charge on any atom is 0.126 e. The maximum atomic E-state index is 5.98. The SMILES string of the molecule is ClCC1CCCC(Nc2ccc3c(n2)CCC3)C1. The number of nitrogens with one attached hydrogen (secondary N) is 1. The van der Waals surface area contributed by atoms with Gasteiger partial charge in [-0.1, -0.05) is 12.5 Å². The third-order valence-electron chi connectivity index (χ3n) is 4.28. The van der Waals surface area contributed by atoms with E-state index < -0.39 is 0 Å². The summed E-state index contributed by atoms with van der Waals surface area (Å²) in [5.74, 6) is 2.55. The molecular formula is C15H21ClN2. The average Bonchev–Trinajstić information content (AvgIpc) is 2.86. The molecule has 18 heavy (non-hydrogen) atoms. The fraction of sp³-hybridized carbons (Fsp3) is 0.667. The van der Waals surface area contributed by atoms with Gasteiger partial charge in [0.25, 0.3) is 0 Å². The number of alkyl halides is 1. The predicted octanol–water partition coefficient (Wildman–Crippen LogP) is 3.78. The van der Waals surface area contributed by atoms with Gasteiger partial charge in [0.05, 0.1) is 0 Å². The van der Waals surface area contributed by atoms with Crippen molar-refractivity contribution in [2.45, 2.75) is 51.0 Å². The zero-order valence-corrected chi connectivity index (χ0v) is 11.5. The molecule has 0 aromatic carbocycles. The van der Waals surface area contributed by atoms with Crippen LogP contribution in [0, 0.1) is 5.92 Å². The molecule has 2 atom stereocenters. The van der Waals surface area contributed by atoms with Gasteiger partial charge in [-0.25, -0.2) is 4.98 Å². The first kappa shape index (κ1) is 12.3. The number of fused-ring (bicyclic) bond motifs is 1. The van der Waals surface area contributed by atoms with Gasteiger partial charge in [-0.15, -0.1) is 11.6 Å².